The van der Waals surface area contributed by atoms with Gasteiger partial charge in [-0.25, -0.2) is 4.39 Å². The molecule has 5 heteroatoms. The van der Waals surface area contributed by atoms with E-state index in [0.717, 1.165) is 23.3 Å². The van der Waals surface area contributed by atoms with Gasteiger partial charge in [-0.1, -0.05) is 6.07 Å². The first kappa shape index (κ1) is 13.0. The van der Waals surface area contributed by atoms with Gasteiger partial charge in [-0.15, -0.1) is 0 Å². The number of nitrogens with zero attached hydrogens (tertiary/aromatic N) is 1. The van der Waals surface area contributed by atoms with Crippen molar-refractivity contribution in [2.75, 3.05) is 0 Å². The van der Waals surface area contributed by atoms with Crippen molar-refractivity contribution in [2.24, 2.45) is 0 Å². The number of rotatable bonds is 3. The second kappa shape index (κ2) is 5.06. The zero-order chi connectivity index (χ0) is 14.0. The molecule has 0 aromatic heterocycles. The van der Waals surface area contributed by atoms with Crippen LogP contribution in [0, 0.1) is 29.8 Å². The number of non-ortho nitro benzene ring substituents is 1. The molecular weight excluding hydrogens is 249 g/mol. The number of hydrogen-bond acceptors (Lipinski definition) is 3. The highest BCUT2D eigenvalue weighted by molar-refractivity contribution is 5.42. The summed E-state index contributed by atoms with van der Waals surface area (Å²) in [4.78, 5) is 9.98. The van der Waals surface area contributed by atoms with Crippen molar-refractivity contribution >= 4 is 5.69 Å². The maximum Gasteiger partial charge on any atom is 0.276 e. The first-order chi connectivity index (χ1) is 8.95. The summed E-state index contributed by atoms with van der Waals surface area (Å²) in [5.74, 6) is -0.0778. The van der Waals surface area contributed by atoms with Gasteiger partial charge >= 0.3 is 0 Å². The van der Waals surface area contributed by atoms with Crippen molar-refractivity contribution in [1.29, 1.82) is 0 Å². The van der Waals surface area contributed by atoms with Crippen LogP contribution in [0.15, 0.2) is 36.4 Å². The van der Waals surface area contributed by atoms with Crippen molar-refractivity contribution in [2.45, 2.75) is 13.8 Å². The van der Waals surface area contributed by atoms with Gasteiger partial charge in [-0.2, -0.15) is 0 Å². The van der Waals surface area contributed by atoms with E-state index < -0.39 is 10.7 Å². The molecule has 0 fully saturated rings. The molecule has 0 atom stereocenters. The number of hydrogen-bond donors (Lipinski definition) is 0. The van der Waals surface area contributed by atoms with Crippen LogP contribution in [0.4, 0.5) is 10.1 Å². The predicted molar refractivity (Wildman–Crippen MR) is 69.0 cm³/mol. The Morgan fingerprint density at radius 1 is 1.05 bits per heavy atom. The summed E-state index contributed by atoms with van der Waals surface area (Å²) in [5.41, 5.74) is 1.81. The zero-order valence-electron chi connectivity index (χ0n) is 10.5. The number of benzene rings is 2. The van der Waals surface area contributed by atoms with Crippen LogP contribution in [-0.4, -0.2) is 4.92 Å². The molecule has 0 aliphatic heterocycles. The molecule has 0 spiro atoms. The smallest absolute Gasteiger partial charge is 0.276 e. The van der Waals surface area contributed by atoms with E-state index in [9.17, 15) is 14.5 Å². The largest absolute Gasteiger partial charge is 0.457 e. The molecule has 19 heavy (non-hydrogen) atoms. The van der Waals surface area contributed by atoms with Gasteiger partial charge in [-0.05, 0) is 37.1 Å². The Morgan fingerprint density at radius 3 is 2.42 bits per heavy atom. The molecule has 0 radical (unpaired) electrons. The van der Waals surface area contributed by atoms with Gasteiger partial charge in [0.05, 0.1) is 17.1 Å². The molecule has 0 aliphatic carbocycles. The lowest BCUT2D eigenvalue weighted by Crippen LogP contribution is -1.92. The molecular formula is C14H12FNO3. The number of nitro groups is 1. The highest BCUT2D eigenvalue weighted by Crippen LogP contribution is 2.27. The summed E-state index contributed by atoms with van der Waals surface area (Å²) in [6.07, 6.45) is 0. The molecule has 4 nitrogen and oxygen atoms in total. The molecule has 98 valence electrons. The van der Waals surface area contributed by atoms with Crippen LogP contribution in [0.2, 0.25) is 0 Å². The SMILES string of the molecule is Cc1ccc(Oc2cc(F)cc([N+](=O)[O-])c2)cc1C. The number of ether oxygens (including phenoxy) is 1. The Labute approximate surface area is 109 Å². The summed E-state index contributed by atoms with van der Waals surface area (Å²) in [6.45, 7) is 3.89. The van der Waals surface area contributed by atoms with Gasteiger partial charge in [0.15, 0.2) is 0 Å². The lowest BCUT2D eigenvalue weighted by molar-refractivity contribution is -0.385. The van der Waals surface area contributed by atoms with Gasteiger partial charge in [-0.3, -0.25) is 10.1 Å². The Bertz CT molecular complexity index is 641. The average molecular weight is 261 g/mol. The van der Waals surface area contributed by atoms with Crippen molar-refractivity contribution in [3.63, 3.8) is 0 Å². The van der Waals surface area contributed by atoms with Crippen molar-refractivity contribution in [3.8, 4) is 11.5 Å². The Kier molecular flexibility index (Phi) is 3.46. The zero-order valence-corrected chi connectivity index (χ0v) is 10.5. The van der Waals surface area contributed by atoms with Crippen LogP contribution in [0.25, 0.3) is 0 Å². The van der Waals surface area contributed by atoms with E-state index in [2.05, 4.69) is 0 Å². The Hall–Kier alpha value is -2.43. The molecule has 0 amide bonds. The summed E-state index contributed by atoms with van der Waals surface area (Å²) in [7, 11) is 0. The molecule has 0 saturated heterocycles. The van der Waals surface area contributed by atoms with Gasteiger partial charge in [0.1, 0.15) is 17.3 Å². The number of aryl methyl sites for hydroxylation is 2. The van der Waals surface area contributed by atoms with Crippen LogP contribution in [0.3, 0.4) is 0 Å². The van der Waals surface area contributed by atoms with Gasteiger partial charge in [0.2, 0.25) is 0 Å². The summed E-state index contributed by atoms with van der Waals surface area (Å²) in [6, 6.07) is 8.57. The van der Waals surface area contributed by atoms with Crippen molar-refractivity contribution in [1.82, 2.24) is 0 Å². The van der Waals surface area contributed by atoms with E-state index in [4.69, 9.17) is 4.74 Å². The van der Waals surface area contributed by atoms with Crippen LogP contribution in [0.5, 0.6) is 11.5 Å². The molecule has 2 rings (SSSR count). The van der Waals surface area contributed by atoms with E-state index in [1.54, 1.807) is 12.1 Å². The Morgan fingerprint density at radius 2 is 1.79 bits per heavy atom. The molecule has 0 unspecified atom stereocenters. The second-order valence-electron chi connectivity index (χ2n) is 4.25. The first-order valence-corrected chi connectivity index (χ1v) is 5.66. The third kappa shape index (κ3) is 3.07. The minimum Gasteiger partial charge on any atom is -0.457 e. The van der Waals surface area contributed by atoms with E-state index in [1.807, 2.05) is 19.9 Å². The van der Waals surface area contributed by atoms with E-state index in [-0.39, 0.29) is 11.4 Å². The summed E-state index contributed by atoms with van der Waals surface area (Å²) < 4.78 is 18.7. The predicted octanol–water partition coefficient (Wildman–Crippen LogP) is 4.14. The average Bonchev–Trinajstić information content (AvgIpc) is 2.33. The quantitative estimate of drug-likeness (QED) is 0.616. The topological polar surface area (TPSA) is 52.4 Å². The molecule has 2 aromatic rings. The highest BCUT2D eigenvalue weighted by Gasteiger charge is 2.11. The van der Waals surface area contributed by atoms with Gasteiger partial charge in [0, 0.05) is 6.07 Å². The molecule has 2 aromatic carbocycles. The number of halogens is 1. The maximum atomic E-state index is 13.2. The Balaban J connectivity index is 2.32. The highest BCUT2D eigenvalue weighted by atomic mass is 19.1. The summed E-state index contributed by atoms with van der Waals surface area (Å²) in [5, 5.41) is 10.6. The minimum absolute atomic E-state index is 0.106. The molecule has 0 heterocycles. The fourth-order valence-corrected chi connectivity index (χ4v) is 1.63. The van der Waals surface area contributed by atoms with E-state index in [0.29, 0.717) is 5.75 Å². The van der Waals surface area contributed by atoms with Crippen LogP contribution >= 0.6 is 0 Å². The van der Waals surface area contributed by atoms with E-state index >= 15 is 0 Å². The fourth-order valence-electron chi connectivity index (χ4n) is 1.63. The minimum atomic E-state index is -0.701. The van der Waals surface area contributed by atoms with E-state index in [1.165, 1.54) is 6.07 Å². The third-order valence-corrected chi connectivity index (χ3v) is 2.78. The van der Waals surface area contributed by atoms with Crippen LogP contribution in [-0.2, 0) is 0 Å². The third-order valence-electron chi connectivity index (χ3n) is 2.78. The van der Waals surface area contributed by atoms with Gasteiger partial charge in [0.25, 0.3) is 5.69 Å². The molecule has 0 saturated carbocycles. The van der Waals surface area contributed by atoms with Crippen molar-refractivity contribution in [3.05, 3.63) is 63.5 Å². The maximum absolute atomic E-state index is 13.2. The van der Waals surface area contributed by atoms with Crippen molar-refractivity contribution < 1.29 is 14.1 Å². The van der Waals surface area contributed by atoms with Crippen LogP contribution in [0.1, 0.15) is 11.1 Å². The molecule has 0 bridgehead atoms. The van der Waals surface area contributed by atoms with Crippen LogP contribution < -0.4 is 4.74 Å². The first-order valence-electron chi connectivity index (χ1n) is 5.66. The summed E-state index contributed by atoms with van der Waals surface area (Å²) >= 11 is 0. The molecule has 0 N–H and O–H groups in total. The van der Waals surface area contributed by atoms with Gasteiger partial charge < -0.3 is 4.74 Å². The standard InChI is InChI=1S/C14H12FNO3/c1-9-3-4-13(5-10(9)2)19-14-7-11(15)6-12(8-14)16(17)18/h3-8H,1-2H3. The number of nitro benzene ring substituents is 1. The molecule has 0 aliphatic rings. The monoisotopic (exact) mass is 261 g/mol. The normalized spacial score (nSPS) is 10.3. The fraction of sp³-hybridized carbons (Fsp3) is 0.143. The lowest BCUT2D eigenvalue weighted by atomic mass is 10.1. The second-order valence-corrected chi connectivity index (χ2v) is 4.25. The lowest BCUT2D eigenvalue weighted by Gasteiger charge is -2.08.